The lowest BCUT2D eigenvalue weighted by molar-refractivity contribution is 0.0103. The van der Waals surface area contributed by atoms with Crippen LogP contribution in [0.25, 0.3) is 0 Å². The van der Waals surface area contributed by atoms with Crippen LogP contribution in [-0.2, 0) is 5.92 Å². The van der Waals surface area contributed by atoms with E-state index in [2.05, 4.69) is 16.9 Å². The van der Waals surface area contributed by atoms with Gasteiger partial charge in [0.25, 0.3) is 11.5 Å². The summed E-state index contributed by atoms with van der Waals surface area (Å²) >= 11 is 11.8. The second-order valence-corrected chi connectivity index (χ2v) is 5.09. The molecule has 2 aromatic rings. The van der Waals surface area contributed by atoms with Crippen LogP contribution >= 0.6 is 23.2 Å². The van der Waals surface area contributed by atoms with Gasteiger partial charge in [0.15, 0.2) is 5.69 Å². The van der Waals surface area contributed by atoms with E-state index in [-0.39, 0.29) is 15.8 Å². The summed E-state index contributed by atoms with van der Waals surface area (Å²) in [6.45, 7) is 4.24. The first-order chi connectivity index (χ1) is 9.70. The summed E-state index contributed by atoms with van der Waals surface area (Å²) in [5, 5.41) is 0.303. The Morgan fingerprint density at radius 1 is 1.38 bits per heavy atom. The predicted octanol–water partition coefficient (Wildman–Crippen LogP) is 4.16. The zero-order valence-corrected chi connectivity index (χ0v) is 12.2. The lowest BCUT2D eigenvalue weighted by Crippen LogP contribution is -2.19. The van der Waals surface area contributed by atoms with Crippen molar-refractivity contribution in [1.82, 2.24) is 9.97 Å². The third-order valence-corrected chi connectivity index (χ3v) is 3.17. The topological polar surface area (TPSA) is 55.0 Å². The SMILES string of the molecule is [CH2]c1cc(Cl)cc(Oc2c(C(C)(F)F)nc[nH]c2=O)c1Cl. The van der Waals surface area contributed by atoms with E-state index < -0.39 is 22.9 Å². The Bertz CT molecular complexity index is 742. The van der Waals surface area contributed by atoms with Crippen molar-refractivity contribution in [2.24, 2.45) is 0 Å². The number of alkyl halides is 2. The maximum atomic E-state index is 13.5. The van der Waals surface area contributed by atoms with Crippen molar-refractivity contribution in [2.45, 2.75) is 12.8 Å². The lowest BCUT2D eigenvalue weighted by atomic mass is 10.2. The average Bonchev–Trinajstić information content (AvgIpc) is 2.36. The largest absolute Gasteiger partial charge is 0.448 e. The number of hydrogen-bond donors (Lipinski definition) is 1. The van der Waals surface area contributed by atoms with Crippen LogP contribution in [0.4, 0.5) is 8.78 Å². The molecule has 2 rings (SSSR count). The van der Waals surface area contributed by atoms with Crippen molar-refractivity contribution in [1.29, 1.82) is 0 Å². The quantitative estimate of drug-likeness (QED) is 0.917. The smallest absolute Gasteiger partial charge is 0.294 e. The second-order valence-electron chi connectivity index (χ2n) is 4.28. The highest BCUT2D eigenvalue weighted by molar-refractivity contribution is 6.35. The molecule has 1 heterocycles. The molecule has 0 atom stereocenters. The third kappa shape index (κ3) is 3.33. The van der Waals surface area contributed by atoms with E-state index in [9.17, 15) is 13.6 Å². The average molecular weight is 334 g/mol. The van der Waals surface area contributed by atoms with Gasteiger partial charge in [0, 0.05) is 18.0 Å². The van der Waals surface area contributed by atoms with Crippen LogP contribution in [0.1, 0.15) is 18.2 Å². The molecule has 0 saturated heterocycles. The maximum Gasteiger partial charge on any atom is 0.294 e. The number of H-pyrrole nitrogens is 1. The van der Waals surface area contributed by atoms with Gasteiger partial charge in [-0.3, -0.25) is 4.79 Å². The van der Waals surface area contributed by atoms with Crippen molar-refractivity contribution in [2.75, 3.05) is 0 Å². The summed E-state index contributed by atoms with van der Waals surface area (Å²) in [6, 6.07) is 2.77. The van der Waals surface area contributed by atoms with Crippen LogP contribution in [-0.4, -0.2) is 9.97 Å². The Hall–Kier alpha value is -1.66. The molecule has 111 valence electrons. The van der Waals surface area contributed by atoms with Crippen molar-refractivity contribution in [3.05, 3.63) is 57.0 Å². The Kier molecular flexibility index (Phi) is 4.20. The molecular formula is C13H9Cl2F2N2O2. The van der Waals surface area contributed by atoms with Crippen LogP contribution in [0.2, 0.25) is 10.0 Å². The van der Waals surface area contributed by atoms with Gasteiger partial charge in [-0.25, -0.2) is 4.98 Å². The zero-order chi connectivity index (χ0) is 15.8. The molecule has 0 unspecified atom stereocenters. The number of rotatable bonds is 3. The van der Waals surface area contributed by atoms with Crippen LogP contribution in [0.5, 0.6) is 11.5 Å². The minimum Gasteiger partial charge on any atom is -0.448 e. The molecule has 0 bridgehead atoms. The van der Waals surface area contributed by atoms with Crippen LogP contribution < -0.4 is 10.3 Å². The van der Waals surface area contributed by atoms with Crippen molar-refractivity contribution < 1.29 is 13.5 Å². The first-order valence-corrected chi connectivity index (χ1v) is 6.40. The molecule has 21 heavy (non-hydrogen) atoms. The van der Waals surface area contributed by atoms with Gasteiger partial charge in [-0.05, 0) is 18.6 Å². The number of nitrogens with zero attached hydrogens (tertiary/aromatic N) is 1. The van der Waals surface area contributed by atoms with Gasteiger partial charge in [-0.2, -0.15) is 8.78 Å². The fourth-order valence-corrected chi connectivity index (χ4v) is 1.98. The van der Waals surface area contributed by atoms with E-state index in [0.29, 0.717) is 12.5 Å². The van der Waals surface area contributed by atoms with Crippen molar-refractivity contribution in [3.63, 3.8) is 0 Å². The number of aromatic nitrogens is 2. The Morgan fingerprint density at radius 3 is 2.67 bits per heavy atom. The molecule has 1 aromatic heterocycles. The maximum absolute atomic E-state index is 13.5. The van der Waals surface area contributed by atoms with E-state index in [4.69, 9.17) is 27.9 Å². The summed E-state index contributed by atoms with van der Waals surface area (Å²) in [5.41, 5.74) is -1.32. The molecule has 4 nitrogen and oxygen atoms in total. The monoisotopic (exact) mass is 333 g/mol. The molecule has 1 aromatic carbocycles. The number of nitrogens with one attached hydrogen (secondary N) is 1. The van der Waals surface area contributed by atoms with Crippen LogP contribution in [0, 0.1) is 6.92 Å². The molecule has 0 spiro atoms. The molecule has 0 saturated carbocycles. The highest BCUT2D eigenvalue weighted by atomic mass is 35.5. The van der Waals surface area contributed by atoms with Crippen molar-refractivity contribution >= 4 is 23.2 Å². The van der Waals surface area contributed by atoms with E-state index in [1.165, 1.54) is 12.1 Å². The predicted molar refractivity (Wildman–Crippen MR) is 75.4 cm³/mol. The molecule has 0 aliphatic heterocycles. The first kappa shape index (κ1) is 15.7. The van der Waals surface area contributed by atoms with Gasteiger partial charge in [0.1, 0.15) is 5.75 Å². The highest BCUT2D eigenvalue weighted by Crippen LogP contribution is 2.37. The Labute approximate surface area is 128 Å². The number of hydrogen-bond acceptors (Lipinski definition) is 3. The highest BCUT2D eigenvalue weighted by Gasteiger charge is 2.32. The third-order valence-electron chi connectivity index (χ3n) is 2.52. The molecule has 0 aliphatic rings. The molecule has 0 aliphatic carbocycles. The molecule has 1 radical (unpaired) electrons. The lowest BCUT2D eigenvalue weighted by Gasteiger charge is -2.15. The van der Waals surface area contributed by atoms with E-state index in [0.717, 1.165) is 6.33 Å². The van der Waals surface area contributed by atoms with Gasteiger partial charge in [-0.15, -0.1) is 0 Å². The number of halogens is 4. The van der Waals surface area contributed by atoms with Crippen LogP contribution in [0.15, 0.2) is 23.3 Å². The molecule has 0 fully saturated rings. The van der Waals surface area contributed by atoms with Gasteiger partial charge in [0.05, 0.1) is 11.3 Å². The van der Waals surface area contributed by atoms with Crippen molar-refractivity contribution in [3.8, 4) is 11.5 Å². The van der Waals surface area contributed by atoms with E-state index in [1.54, 1.807) is 0 Å². The molecule has 1 N–H and O–H groups in total. The minimum absolute atomic E-state index is 0.0573. The summed E-state index contributed by atoms with van der Waals surface area (Å²) in [4.78, 5) is 17.4. The van der Waals surface area contributed by atoms with Crippen LogP contribution in [0.3, 0.4) is 0 Å². The molecular weight excluding hydrogens is 325 g/mol. The standard InChI is InChI=1S/C13H9Cl2F2N2O2/c1-6-3-7(14)4-8(9(6)15)21-10-11(13(2,16)17)18-5-19-12(10)20/h3-5H,1H2,2H3,(H,18,19,20). The van der Waals surface area contributed by atoms with Gasteiger partial charge < -0.3 is 9.72 Å². The number of benzene rings is 1. The number of ether oxygens (including phenoxy) is 1. The fraction of sp³-hybridized carbons (Fsp3) is 0.154. The number of aromatic amines is 1. The minimum atomic E-state index is -3.36. The second kappa shape index (κ2) is 5.61. The fourth-order valence-electron chi connectivity index (χ4n) is 1.60. The Balaban J connectivity index is 2.58. The summed E-state index contributed by atoms with van der Waals surface area (Å²) < 4.78 is 32.2. The first-order valence-electron chi connectivity index (χ1n) is 5.65. The van der Waals surface area contributed by atoms with E-state index >= 15 is 0 Å². The normalized spacial score (nSPS) is 11.5. The molecule has 0 amide bonds. The summed E-state index contributed by atoms with van der Waals surface area (Å²) in [7, 11) is 0. The molecule has 8 heteroatoms. The van der Waals surface area contributed by atoms with Gasteiger partial charge >= 0.3 is 0 Å². The summed E-state index contributed by atoms with van der Waals surface area (Å²) in [6.07, 6.45) is 0.869. The Morgan fingerprint density at radius 2 is 2.05 bits per heavy atom. The summed E-state index contributed by atoms with van der Waals surface area (Å²) in [5.74, 6) is -4.06. The van der Waals surface area contributed by atoms with E-state index in [1.807, 2.05) is 0 Å². The van der Waals surface area contributed by atoms with Gasteiger partial charge in [0.2, 0.25) is 5.75 Å². The van der Waals surface area contributed by atoms with Gasteiger partial charge in [-0.1, -0.05) is 23.2 Å². The zero-order valence-electron chi connectivity index (χ0n) is 10.7.